The standard InChI is InChI=1S/C17H24N4O3S/c1-5-9-18-17(25)20-19-11-13-7-8-14(15(10-13)23-6-2)24-12-16(22)21(3)4/h5,7-8,10-11H,1,6,9,12H2,2-4H3,(H2,18,20,25)/b19-11-. The van der Waals surface area contributed by atoms with E-state index in [1.54, 1.807) is 38.5 Å². The van der Waals surface area contributed by atoms with E-state index in [4.69, 9.17) is 21.7 Å². The SMILES string of the molecule is C=CCNC(=S)N/N=C\c1ccc(OCC(=O)N(C)C)c(OCC)c1. The molecule has 0 atom stereocenters. The number of carbonyl (C=O) groups is 1. The van der Waals surface area contributed by atoms with E-state index in [-0.39, 0.29) is 12.5 Å². The summed E-state index contributed by atoms with van der Waals surface area (Å²) in [7, 11) is 3.35. The van der Waals surface area contributed by atoms with Crippen LogP contribution in [-0.4, -0.2) is 56.0 Å². The van der Waals surface area contributed by atoms with Crippen LogP contribution in [0.2, 0.25) is 0 Å². The van der Waals surface area contributed by atoms with Crippen LogP contribution < -0.4 is 20.2 Å². The number of amides is 1. The summed E-state index contributed by atoms with van der Waals surface area (Å²) in [6.07, 6.45) is 3.31. The van der Waals surface area contributed by atoms with Crippen molar-refractivity contribution < 1.29 is 14.3 Å². The van der Waals surface area contributed by atoms with Crippen LogP contribution in [0.25, 0.3) is 0 Å². The molecule has 0 aliphatic carbocycles. The highest BCUT2D eigenvalue weighted by Crippen LogP contribution is 2.28. The van der Waals surface area contributed by atoms with Gasteiger partial charge in [-0.15, -0.1) is 6.58 Å². The van der Waals surface area contributed by atoms with Crippen molar-refractivity contribution in [3.05, 3.63) is 36.4 Å². The number of nitrogens with one attached hydrogen (secondary N) is 2. The van der Waals surface area contributed by atoms with Crippen LogP contribution in [0.3, 0.4) is 0 Å². The Bertz CT molecular complexity index is 632. The van der Waals surface area contributed by atoms with Crippen LogP contribution in [0, 0.1) is 0 Å². The maximum atomic E-state index is 11.6. The molecule has 0 fully saturated rings. The van der Waals surface area contributed by atoms with Crippen molar-refractivity contribution in [3.8, 4) is 11.5 Å². The first kappa shape index (κ1) is 20.4. The van der Waals surface area contributed by atoms with Gasteiger partial charge in [0.2, 0.25) is 0 Å². The number of thiocarbonyl (C=S) groups is 1. The zero-order valence-electron chi connectivity index (χ0n) is 14.7. The van der Waals surface area contributed by atoms with E-state index >= 15 is 0 Å². The van der Waals surface area contributed by atoms with Gasteiger partial charge in [0, 0.05) is 20.6 Å². The number of benzene rings is 1. The highest BCUT2D eigenvalue weighted by atomic mass is 32.1. The normalized spacial score (nSPS) is 10.2. The van der Waals surface area contributed by atoms with Crippen molar-refractivity contribution in [1.29, 1.82) is 0 Å². The van der Waals surface area contributed by atoms with Gasteiger partial charge >= 0.3 is 0 Å². The van der Waals surface area contributed by atoms with E-state index in [9.17, 15) is 4.79 Å². The van der Waals surface area contributed by atoms with Crippen molar-refractivity contribution in [2.45, 2.75) is 6.92 Å². The molecule has 0 aliphatic heterocycles. The number of likely N-dealkylation sites (N-methyl/N-ethyl adjacent to an activating group) is 1. The molecule has 0 spiro atoms. The lowest BCUT2D eigenvalue weighted by Crippen LogP contribution is -2.31. The molecular formula is C17H24N4O3S. The van der Waals surface area contributed by atoms with Gasteiger partial charge in [-0.2, -0.15) is 5.10 Å². The largest absolute Gasteiger partial charge is 0.490 e. The Morgan fingerprint density at radius 3 is 2.76 bits per heavy atom. The molecule has 0 saturated heterocycles. The number of hydrogen-bond acceptors (Lipinski definition) is 5. The molecule has 2 N–H and O–H groups in total. The van der Waals surface area contributed by atoms with Crippen LogP contribution in [-0.2, 0) is 4.79 Å². The first-order valence-electron chi connectivity index (χ1n) is 7.75. The minimum atomic E-state index is -0.127. The second kappa shape index (κ2) is 11.0. The summed E-state index contributed by atoms with van der Waals surface area (Å²) in [4.78, 5) is 13.1. The van der Waals surface area contributed by atoms with Gasteiger partial charge in [0.05, 0.1) is 12.8 Å². The summed E-state index contributed by atoms with van der Waals surface area (Å²) < 4.78 is 11.1. The number of nitrogens with zero attached hydrogens (tertiary/aromatic N) is 2. The third-order valence-electron chi connectivity index (χ3n) is 2.90. The fourth-order valence-electron chi connectivity index (χ4n) is 1.63. The summed E-state index contributed by atoms with van der Waals surface area (Å²) in [5.41, 5.74) is 3.50. The van der Waals surface area contributed by atoms with Gasteiger partial charge in [-0.05, 0) is 42.9 Å². The van der Waals surface area contributed by atoms with Crippen LogP contribution in [0.4, 0.5) is 0 Å². The third-order valence-corrected chi connectivity index (χ3v) is 3.14. The minimum Gasteiger partial charge on any atom is -0.490 e. The smallest absolute Gasteiger partial charge is 0.259 e. The number of hydrogen-bond donors (Lipinski definition) is 2. The third kappa shape index (κ3) is 7.67. The van der Waals surface area contributed by atoms with Crippen molar-refractivity contribution in [3.63, 3.8) is 0 Å². The monoisotopic (exact) mass is 364 g/mol. The highest BCUT2D eigenvalue weighted by molar-refractivity contribution is 7.80. The molecule has 7 nitrogen and oxygen atoms in total. The molecule has 0 radical (unpaired) electrons. The quantitative estimate of drug-likeness (QED) is 0.300. The summed E-state index contributed by atoms with van der Waals surface area (Å²) in [5.74, 6) is 0.925. The van der Waals surface area contributed by atoms with Gasteiger partial charge in [-0.3, -0.25) is 10.2 Å². The van der Waals surface area contributed by atoms with Gasteiger partial charge in [0.25, 0.3) is 5.91 Å². The average molecular weight is 364 g/mol. The van der Waals surface area contributed by atoms with Crippen LogP contribution >= 0.6 is 12.2 Å². The van der Waals surface area contributed by atoms with Crippen molar-refractivity contribution >= 4 is 29.5 Å². The molecule has 1 rings (SSSR count). The predicted molar refractivity (Wildman–Crippen MR) is 103 cm³/mol. The average Bonchev–Trinajstić information content (AvgIpc) is 2.59. The van der Waals surface area contributed by atoms with Crippen LogP contribution in [0.5, 0.6) is 11.5 Å². The molecule has 1 aromatic rings. The molecule has 25 heavy (non-hydrogen) atoms. The fourth-order valence-corrected chi connectivity index (χ4v) is 1.77. The number of ether oxygens (including phenoxy) is 2. The van der Waals surface area contributed by atoms with E-state index in [0.717, 1.165) is 5.56 Å². The molecule has 136 valence electrons. The Kier molecular flexibility index (Phi) is 9.02. The van der Waals surface area contributed by atoms with Crippen molar-refractivity contribution in [2.24, 2.45) is 5.10 Å². The first-order chi connectivity index (χ1) is 12.0. The summed E-state index contributed by atoms with van der Waals surface area (Å²) in [6.45, 7) is 6.46. The van der Waals surface area contributed by atoms with Gasteiger partial charge in [-0.25, -0.2) is 0 Å². The van der Waals surface area contributed by atoms with Crippen molar-refractivity contribution in [1.82, 2.24) is 15.6 Å². The Balaban J connectivity index is 2.73. The van der Waals surface area contributed by atoms with E-state index in [0.29, 0.717) is 29.8 Å². The Morgan fingerprint density at radius 1 is 1.36 bits per heavy atom. The lowest BCUT2D eigenvalue weighted by atomic mass is 10.2. The molecule has 0 saturated carbocycles. The van der Waals surface area contributed by atoms with Gasteiger partial charge in [-0.1, -0.05) is 6.08 Å². The lowest BCUT2D eigenvalue weighted by Gasteiger charge is -2.14. The molecule has 0 bridgehead atoms. The molecular weight excluding hydrogens is 340 g/mol. The van der Waals surface area contributed by atoms with Crippen LogP contribution in [0.15, 0.2) is 36.0 Å². The van der Waals surface area contributed by atoms with E-state index in [2.05, 4.69) is 22.4 Å². The minimum absolute atomic E-state index is 0.0503. The molecule has 1 aromatic carbocycles. The maximum Gasteiger partial charge on any atom is 0.259 e. The Morgan fingerprint density at radius 2 is 2.12 bits per heavy atom. The van der Waals surface area contributed by atoms with Gasteiger partial charge < -0.3 is 19.7 Å². The first-order valence-corrected chi connectivity index (χ1v) is 8.16. The lowest BCUT2D eigenvalue weighted by molar-refractivity contribution is -0.130. The second-order valence-electron chi connectivity index (χ2n) is 5.08. The molecule has 0 heterocycles. The van der Waals surface area contributed by atoms with Crippen molar-refractivity contribution in [2.75, 3.05) is 33.9 Å². The summed E-state index contributed by atoms with van der Waals surface area (Å²) in [6, 6.07) is 5.33. The van der Waals surface area contributed by atoms with Crippen LogP contribution in [0.1, 0.15) is 12.5 Å². The molecule has 0 unspecified atom stereocenters. The van der Waals surface area contributed by atoms with E-state index in [1.807, 2.05) is 13.0 Å². The maximum absolute atomic E-state index is 11.6. The zero-order valence-corrected chi connectivity index (χ0v) is 15.6. The fraction of sp³-hybridized carbons (Fsp3) is 0.353. The number of carbonyl (C=O) groups excluding carboxylic acids is 1. The molecule has 0 aromatic heterocycles. The zero-order chi connectivity index (χ0) is 18.7. The summed E-state index contributed by atoms with van der Waals surface area (Å²) >= 11 is 5.04. The number of hydrazone groups is 1. The van der Waals surface area contributed by atoms with E-state index < -0.39 is 0 Å². The predicted octanol–water partition coefficient (Wildman–Crippen LogP) is 1.54. The number of rotatable bonds is 9. The van der Waals surface area contributed by atoms with Gasteiger partial charge in [0.1, 0.15) is 0 Å². The Hall–Kier alpha value is -2.61. The summed E-state index contributed by atoms with van der Waals surface area (Å²) in [5, 5.41) is 7.36. The van der Waals surface area contributed by atoms with E-state index in [1.165, 1.54) is 4.90 Å². The highest BCUT2D eigenvalue weighted by Gasteiger charge is 2.10. The second-order valence-corrected chi connectivity index (χ2v) is 5.49. The van der Waals surface area contributed by atoms with Gasteiger partial charge in [0.15, 0.2) is 23.2 Å². The molecule has 8 heteroatoms. The molecule has 1 amide bonds. The Labute approximate surface area is 153 Å². The molecule has 0 aliphatic rings. The topological polar surface area (TPSA) is 75.2 Å².